The number of thiophene rings is 1. The summed E-state index contributed by atoms with van der Waals surface area (Å²) < 4.78 is 6.32. The second kappa shape index (κ2) is 7.66. The number of fused-ring (bicyclic) bond motifs is 1. The number of carbonyl (C=O) groups is 1. The van der Waals surface area contributed by atoms with Crippen LogP contribution in [0.15, 0.2) is 71.1 Å². The van der Waals surface area contributed by atoms with Crippen LogP contribution in [0, 0.1) is 0 Å². The van der Waals surface area contributed by atoms with Crippen LogP contribution in [-0.4, -0.2) is 22.7 Å². The predicted molar refractivity (Wildman–Crippen MR) is 110 cm³/mol. The molecule has 0 atom stereocenters. The first-order chi connectivity index (χ1) is 13.7. The average Bonchev–Trinajstić information content (AvgIpc) is 3.16. The largest absolute Gasteiger partial charge is 0.497 e. The second-order valence-electron chi connectivity index (χ2n) is 6.18. The smallest absolute Gasteiger partial charge is 0.281 e. The van der Waals surface area contributed by atoms with Crippen molar-refractivity contribution in [3.63, 3.8) is 0 Å². The molecule has 7 heteroatoms. The number of nitrogens with zero attached hydrogens (tertiary/aromatic N) is 2. The Labute approximate surface area is 165 Å². The minimum absolute atomic E-state index is 0.122. The van der Waals surface area contributed by atoms with Crippen LogP contribution in [0.5, 0.6) is 5.75 Å². The van der Waals surface area contributed by atoms with Gasteiger partial charge in [0.1, 0.15) is 16.9 Å². The Kier molecular flexibility index (Phi) is 4.90. The van der Waals surface area contributed by atoms with Crippen LogP contribution < -0.4 is 15.7 Å². The zero-order valence-electron chi connectivity index (χ0n) is 15.1. The number of hydrogen-bond acceptors (Lipinski definition) is 5. The summed E-state index contributed by atoms with van der Waals surface area (Å²) in [6.07, 6.45) is 1.47. The van der Waals surface area contributed by atoms with Gasteiger partial charge in [-0.1, -0.05) is 42.5 Å². The monoisotopic (exact) mass is 391 g/mol. The number of carbonyl (C=O) groups excluding carboxylic acids is 1. The predicted octanol–water partition coefficient (Wildman–Crippen LogP) is 3.45. The van der Waals surface area contributed by atoms with Crippen molar-refractivity contribution >= 4 is 27.5 Å². The fourth-order valence-corrected chi connectivity index (χ4v) is 3.89. The Morgan fingerprint density at radius 3 is 2.79 bits per heavy atom. The number of ether oxygens (including phenoxy) is 1. The van der Waals surface area contributed by atoms with Crippen molar-refractivity contribution in [2.45, 2.75) is 6.42 Å². The summed E-state index contributed by atoms with van der Waals surface area (Å²) in [5.41, 5.74) is 4.87. The summed E-state index contributed by atoms with van der Waals surface area (Å²) in [5, 5.41) is 2.41. The van der Waals surface area contributed by atoms with Crippen molar-refractivity contribution in [2.24, 2.45) is 0 Å². The molecule has 0 aliphatic carbocycles. The van der Waals surface area contributed by atoms with E-state index in [2.05, 4.69) is 10.4 Å². The number of aromatic nitrogens is 2. The van der Waals surface area contributed by atoms with Crippen LogP contribution in [0.25, 0.3) is 21.3 Å². The van der Waals surface area contributed by atoms with E-state index < -0.39 is 0 Å². The SMILES string of the molecule is COc1cccc(CC(=O)Nn2cnc3scc(-c4ccccc4)c3c2=O)c1. The molecule has 140 valence electrons. The molecule has 4 aromatic rings. The molecule has 0 radical (unpaired) electrons. The third-order valence-corrected chi connectivity index (χ3v) is 5.21. The molecular weight excluding hydrogens is 374 g/mol. The third kappa shape index (κ3) is 3.52. The van der Waals surface area contributed by atoms with E-state index in [0.717, 1.165) is 21.4 Å². The highest BCUT2D eigenvalue weighted by atomic mass is 32.1. The van der Waals surface area contributed by atoms with Crippen LogP contribution in [0.4, 0.5) is 0 Å². The Balaban J connectivity index is 1.63. The number of methoxy groups -OCH3 is 1. The van der Waals surface area contributed by atoms with E-state index in [1.54, 1.807) is 13.2 Å². The zero-order chi connectivity index (χ0) is 19.5. The van der Waals surface area contributed by atoms with E-state index in [4.69, 9.17) is 4.74 Å². The normalized spacial score (nSPS) is 10.8. The van der Waals surface area contributed by atoms with E-state index in [0.29, 0.717) is 16.0 Å². The van der Waals surface area contributed by atoms with Crippen molar-refractivity contribution in [3.8, 4) is 16.9 Å². The molecule has 1 amide bonds. The lowest BCUT2D eigenvalue weighted by Gasteiger charge is -2.09. The molecule has 2 aromatic heterocycles. The Hall–Kier alpha value is -3.45. The first-order valence-electron chi connectivity index (χ1n) is 8.63. The number of rotatable bonds is 5. The Morgan fingerprint density at radius 1 is 1.18 bits per heavy atom. The molecular formula is C21H17N3O3S. The number of benzene rings is 2. The highest BCUT2D eigenvalue weighted by Crippen LogP contribution is 2.30. The van der Waals surface area contributed by atoms with Gasteiger partial charge in [-0.25, -0.2) is 9.66 Å². The summed E-state index contributed by atoms with van der Waals surface area (Å²) in [5.74, 6) is 0.365. The van der Waals surface area contributed by atoms with Gasteiger partial charge in [0.05, 0.1) is 18.9 Å². The van der Waals surface area contributed by atoms with Gasteiger partial charge in [-0.15, -0.1) is 11.3 Å². The first kappa shape index (κ1) is 17.9. The topological polar surface area (TPSA) is 73.2 Å². The first-order valence-corrected chi connectivity index (χ1v) is 9.51. The molecule has 0 fully saturated rings. The maximum absolute atomic E-state index is 13.0. The van der Waals surface area contributed by atoms with Crippen LogP contribution in [0.1, 0.15) is 5.56 Å². The van der Waals surface area contributed by atoms with Crippen molar-refractivity contribution in [3.05, 3.63) is 82.2 Å². The summed E-state index contributed by atoms with van der Waals surface area (Å²) in [4.78, 5) is 30.4. The van der Waals surface area contributed by atoms with Gasteiger partial charge in [-0.2, -0.15) is 0 Å². The van der Waals surface area contributed by atoms with E-state index in [9.17, 15) is 9.59 Å². The van der Waals surface area contributed by atoms with Gasteiger partial charge in [0, 0.05) is 10.9 Å². The summed E-state index contributed by atoms with van der Waals surface area (Å²) in [6.45, 7) is 0. The van der Waals surface area contributed by atoms with Crippen molar-refractivity contribution in [1.29, 1.82) is 0 Å². The molecule has 0 bridgehead atoms. The molecule has 4 rings (SSSR count). The standard InChI is InChI=1S/C21H17N3O3S/c1-27-16-9-5-6-14(10-16)11-18(25)23-24-13-22-20-19(21(24)26)17(12-28-20)15-7-3-2-4-8-15/h2-10,12-13H,11H2,1H3,(H,23,25). The lowest BCUT2D eigenvalue weighted by atomic mass is 10.1. The minimum atomic E-state index is -0.312. The van der Waals surface area contributed by atoms with Gasteiger partial charge in [-0.05, 0) is 23.3 Å². The van der Waals surface area contributed by atoms with Gasteiger partial charge < -0.3 is 4.74 Å². The molecule has 1 N–H and O–H groups in total. The highest BCUT2D eigenvalue weighted by Gasteiger charge is 2.14. The molecule has 0 saturated heterocycles. The molecule has 0 aliphatic rings. The van der Waals surface area contributed by atoms with Crippen LogP contribution >= 0.6 is 11.3 Å². The van der Waals surface area contributed by atoms with Crippen LogP contribution in [-0.2, 0) is 11.2 Å². The van der Waals surface area contributed by atoms with Gasteiger partial charge in [0.15, 0.2) is 0 Å². The zero-order valence-corrected chi connectivity index (χ0v) is 15.9. The van der Waals surface area contributed by atoms with E-state index in [1.807, 2.05) is 53.9 Å². The van der Waals surface area contributed by atoms with Crippen molar-refractivity contribution in [1.82, 2.24) is 9.66 Å². The lowest BCUT2D eigenvalue weighted by Crippen LogP contribution is -2.34. The fraction of sp³-hybridized carbons (Fsp3) is 0.0952. The average molecular weight is 391 g/mol. The molecule has 0 saturated carbocycles. The van der Waals surface area contributed by atoms with Gasteiger partial charge >= 0.3 is 0 Å². The summed E-state index contributed by atoms with van der Waals surface area (Å²) in [6, 6.07) is 16.9. The summed E-state index contributed by atoms with van der Waals surface area (Å²) >= 11 is 1.41. The van der Waals surface area contributed by atoms with Crippen LogP contribution in [0.2, 0.25) is 0 Å². The van der Waals surface area contributed by atoms with Gasteiger partial charge in [0.25, 0.3) is 5.56 Å². The third-order valence-electron chi connectivity index (χ3n) is 4.32. The molecule has 6 nitrogen and oxygen atoms in total. The molecule has 0 unspecified atom stereocenters. The lowest BCUT2D eigenvalue weighted by molar-refractivity contribution is -0.116. The molecule has 2 heterocycles. The summed E-state index contributed by atoms with van der Waals surface area (Å²) in [7, 11) is 1.57. The minimum Gasteiger partial charge on any atom is -0.497 e. The quantitative estimate of drug-likeness (QED) is 0.566. The molecule has 28 heavy (non-hydrogen) atoms. The van der Waals surface area contributed by atoms with Crippen LogP contribution in [0.3, 0.4) is 0 Å². The van der Waals surface area contributed by atoms with E-state index in [1.165, 1.54) is 17.7 Å². The molecule has 0 aliphatic heterocycles. The maximum atomic E-state index is 13.0. The Bertz CT molecular complexity index is 1200. The van der Waals surface area contributed by atoms with Gasteiger partial charge in [-0.3, -0.25) is 15.0 Å². The second-order valence-corrected chi connectivity index (χ2v) is 7.04. The highest BCUT2D eigenvalue weighted by molar-refractivity contribution is 7.17. The van der Waals surface area contributed by atoms with E-state index in [-0.39, 0.29) is 17.9 Å². The Morgan fingerprint density at radius 2 is 2.00 bits per heavy atom. The number of nitrogens with one attached hydrogen (secondary N) is 1. The maximum Gasteiger partial charge on any atom is 0.281 e. The van der Waals surface area contributed by atoms with E-state index >= 15 is 0 Å². The van der Waals surface area contributed by atoms with Gasteiger partial charge in [0.2, 0.25) is 5.91 Å². The van der Waals surface area contributed by atoms with Crippen molar-refractivity contribution < 1.29 is 9.53 Å². The number of hydrogen-bond donors (Lipinski definition) is 1. The molecule has 2 aromatic carbocycles. The fourth-order valence-electron chi connectivity index (χ4n) is 2.98. The van der Waals surface area contributed by atoms with Crippen molar-refractivity contribution in [2.75, 3.05) is 12.5 Å². The molecule has 0 spiro atoms. The number of amides is 1.